The average Bonchev–Trinajstić information content (AvgIpc) is 2.45. The number of nitrogens with one attached hydrogen (secondary N) is 1. The Labute approximate surface area is 120 Å². The van der Waals surface area contributed by atoms with Crippen LogP contribution in [0.2, 0.25) is 0 Å². The summed E-state index contributed by atoms with van der Waals surface area (Å²) in [4.78, 5) is 4.34. The molecule has 4 heteroatoms. The Morgan fingerprint density at radius 3 is 2.70 bits per heavy atom. The molecule has 1 aromatic carbocycles. The molecule has 2 atom stereocenters. The van der Waals surface area contributed by atoms with Crippen LogP contribution in [-0.4, -0.2) is 22.1 Å². The van der Waals surface area contributed by atoms with Crippen LogP contribution in [-0.2, 0) is 0 Å². The standard InChI is InChI=1S/C16H22N4/c1-11-5-3-6-12(2)20(11)19-15-9-8-14-13(16(15)17)7-4-10-18-14/h4,7-12,19H,3,5-6,17H2,1-2H3. The number of benzene rings is 1. The Bertz CT molecular complexity index is 600. The third-order valence-corrected chi connectivity index (χ3v) is 4.27. The van der Waals surface area contributed by atoms with Gasteiger partial charge < -0.3 is 11.2 Å². The smallest absolute Gasteiger partial charge is 0.0727 e. The molecule has 4 nitrogen and oxygen atoms in total. The first-order chi connectivity index (χ1) is 9.66. The first kappa shape index (κ1) is 13.2. The van der Waals surface area contributed by atoms with E-state index in [1.165, 1.54) is 19.3 Å². The first-order valence-corrected chi connectivity index (χ1v) is 7.35. The lowest BCUT2D eigenvalue weighted by Crippen LogP contribution is -2.47. The van der Waals surface area contributed by atoms with E-state index < -0.39 is 0 Å². The number of hydrogen-bond acceptors (Lipinski definition) is 4. The van der Waals surface area contributed by atoms with E-state index in [1.807, 2.05) is 24.3 Å². The van der Waals surface area contributed by atoms with E-state index in [9.17, 15) is 0 Å². The molecule has 0 aliphatic carbocycles. The SMILES string of the molecule is CC1CCCC(C)N1Nc1ccc2ncccc2c1N. The number of piperidine rings is 1. The molecule has 20 heavy (non-hydrogen) atoms. The summed E-state index contributed by atoms with van der Waals surface area (Å²) in [7, 11) is 0. The lowest BCUT2D eigenvalue weighted by atomic mass is 10.00. The monoisotopic (exact) mass is 270 g/mol. The van der Waals surface area contributed by atoms with Gasteiger partial charge in [-0.15, -0.1) is 0 Å². The van der Waals surface area contributed by atoms with Crippen molar-refractivity contribution in [2.24, 2.45) is 0 Å². The third-order valence-electron chi connectivity index (χ3n) is 4.27. The lowest BCUT2D eigenvalue weighted by Gasteiger charge is -2.39. The number of rotatable bonds is 2. The molecule has 0 saturated carbocycles. The van der Waals surface area contributed by atoms with Gasteiger partial charge in [-0.3, -0.25) is 4.98 Å². The fourth-order valence-corrected chi connectivity index (χ4v) is 3.05. The van der Waals surface area contributed by atoms with Crippen molar-refractivity contribution in [2.75, 3.05) is 11.2 Å². The molecule has 1 fully saturated rings. The number of aromatic nitrogens is 1. The van der Waals surface area contributed by atoms with E-state index in [0.29, 0.717) is 12.1 Å². The second-order valence-electron chi connectivity index (χ2n) is 5.74. The van der Waals surface area contributed by atoms with Crippen LogP contribution in [0.3, 0.4) is 0 Å². The van der Waals surface area contributed by atoms with Crippen LogP contribution in [0.1, 0.15) is 33.1 Å². The van der Waals surface area contributed by atoms with E-state index in [0.717, 1.165) is 22.3 Å². The quantitative estimate of drug-likeness (QED) is 0.821. The predicted octanol–water partition coefficient (Wildman–Crippen LogP) is 3.41. The van der Waals surface area contributed by atoms with Gasteiger partial charge in [-0.1, -0.05) is 6.42 Å². The molecule has 2 aromatic rings. The minimum absolute atomic E-state index is 0.530. The minimum Gasteiger partial charge on any atom is -0.396 e. The van der Waals surface area contributed by atoms with Gasteiger partial charge in [0.2, 0.25) is 0 Å². The summed E-state index contributed by atoms with van der Waals surface area (Å²) in [6.07, 6.45) is 5.56. The molecule has 0 bridgehead atoms. The highest BCUT2D eigenvalue weighted by Gasteiger charge is 2.25. The first-order valence-electron chi connectivity index (χ1n) is 7.35. The molecule has 3 N–H and O–H groups in total. The zero-order valence-corrected chi connectivity index (χ0v) is 12.1. The Morgan fingerprint density at radius 1 is 1.20 bits per heavy atom. The van der Waals surface area contributed by atoms with E-state index >= 15 is 0 Å². The van der Waals surface area contributed by atoms with Crippen molar-refractivity contribution in [2.45, 2.75) is 45.2 Å². The predicted molar refractivity (Wildman–Crippen MR) is 84.4 cm³/mol. The maximum absolute atomic E-state index is 6.30. The van der Waals surface area contributed by atoms with Crippen molar-refractivity contribution in [3.8, 4) is 0 Å². The van der Waals surface area contributed by atoms with E-state index in [1.54, 1.807) is 6.20 Å². The van der Waals surface area contributed by atoms with Gasteiger partial charge in [-0.05, 0) is 51.0 Å². The number of anilines is 2. The van der Waals surface area contributed by atoms with Crippen LogP contribution in [0, 0.1) is 0 Å². The van der Waals surface area contributed by atoms with Gasteiger partial charge in [-0.2, -0.15) is 0 Å². The number of fused-ring (bicyclic) bond motifs is 1. The van der Waals surface area contributed by atoms with Crippen molar-refractivity contribution in [3.05, 3.63) is 30.5 Å². The van der Waals surface area contributed by atoms with Crippen molar-refractivity contribution in [1.29, 1.82) is 0 Å². The molecule has 3 rings (SSSR count). The van der Waals surface area contributed by atoms with Crippen molar-refractivity contribution < 1.29 is 0 Å². The van der Waals surface area contributed by atoms with Gasteiger partial charge >= 0.3 is 0 Å². The summed E-state index contributed by atoms with van der Waals surface area (Å²) in [6, 6.07) is 9.05. The molecule has 1 saturated heterocycles. The van der Waals surface area contributed by atoms with Gasteiger partial charge in [0.05, 0.1) is 16.9 Å². The minimum atomic E-state index is 0.530. The second-order valence-corrected chi connectivity index (χ2v) is 5.74. The zero-order valence-electron chi connectivity index (χ0n) is 12.1. The van der Waals surface area contributed by atoms with Crippen LogP contribution in [0.25, 0.3) is 10.9 Å². The zero-order chi connectivity index (χ0) is 14.1. The van der Waals surface area contributed by atoms with Gasteiger partial charge in [-0.25, -0.2) is 5.01 Å². The molecule has 0 spiro atoms. The number of hydrogen-bond donors (Lipinski definition) is 2. The third kappa shape index (κ3) is 2.31. The maximum atomic E-state index is 6.30. The number of nitrogens with two attached hydrogens (primary N) is 1. The summed E-state index contributed by atoms with van der Waals surface area (Å²) in [5.41, 5.74) is 12.5. The molecule has 1 aliphatic heterocycles. The molecule has 0 amide bonds. The number of hydrazine groups is 1. The largest absolute Gasteiger partial charge is 0.396 e. The van der Waals surface area contributed by atoms with Crippen LogP contribution < -0.4 is 11.2 Å². The molecule has 1 aliphatic rings. The van der Waals surface area contributed by atoms with Crippen molar-refractivity contribution in [3.63, 3.8) is 0 Å². The molecular formula is C16H22N4. The summed E-state index contributed by atoms with van der Waals surface area (Å²) >= 11 is 0. The molecule has 106 valence electrons. The number of nitrogen functional groups attached to an aromatic ring is 1. The Balaban J connectivity index is 1.92. The lowest BCUT2D eigenvalue weighted by molar-refractivity contribution is 0.136. The number of nitrogens with zero attached hydrogens (tertiary/aromatic N) is 2. The highest BCUT2D eigenvalue weighted by Crippen LogP contribution is 2.30. The summed E-state index contributed by atoms with van der Waals surface area (Å²) in [6.45, 7) is 4.53. The summed E-state index contributed by atoms with van der Waals surface area (Å²) < 4.78 is 0. The highest BCUT2D eigenvalue weighted by atomic mass is 15.5. The van der Waals surface area contributed by atoms with E-state index in [4.69, 9.17) is 5.73 Å². The molecule has 2 heterocycles. The van der Waals surface area contributed by atoms with E-state index in [2.05, 4.69) is 29.3 Å². The summed E-state index contributed by atoms with van der Waals surface area (Å²) in [5.74, 6) is 0. The van der Waals surface area contributed by atoms with Crippen LogP contribution in [0.15, 0.2) is 30.5 Å². The fourth-order valence-electron chi connectivity index (χ4n) is 3.05. The average molecular weight is 270 g/mol. The molecule has 2 unspecified atom stereocenters. The Morgan fingerprint density at radius 2 is 1.95 bits per heavy atom. The second kappa shape index (κ2) is 5.29. The summed E-state index contributed by atoms with van der Waals surface area (Å²) in [5, 5.41) is 3.34. The van der Waals surface area contributed by atoms with Gasteiger partial charge in [0, 0.05) is 23.7 Å². The number of pyridine rings is 1. The topological polar surface area (TPSA) is 54.2 Å². The molecule has 0 radical (unpaired) electrons. The van der Waals surface area contributed by atoms with Gasteiger partial charge in [0.25, 0.3) is 0 Å². The molecular weight excluding hydrogens is 248 g/mol. The Hall–Kier alpha value is -1.81. The van der Waals surface area contributed by atoms with Gasteiger partial charge in [0.1, 0.15) is 0 Å². The van der Waals surface area contributed by atoms with Gasteiger partial charge in [0.15, 0.2) is 0 Å². The van der Waals surface area contributed by atoms with Crippen LogP contribution >= 0.6 is 0 Å². The van der Waals surface area contributed by atoms with Crippen molar-refractivity contribution >= 4 is 22.3 Å². The van der Waals surface area contributed by atoms with E-state index in [-0.39, 0.29) is 0 Å². The van der Waals surface area contributed by atoms with Crippen molar-refractivity contribution in [1.82, 2.24) is 9.99 Å². The van der Waals surface area contributed by atoms with Crippen LogP contribution in [0.4, 0.5) is 11.4 Å². The highest BCUT2D eigenvalue weighted by molar-refractivity contribution is 5.96. The normalized spacial score (nSPS) is 23.9. The maximum Gasteiger partial charge on any atom is 0.0727 e. The van der Waals surface area contributed by atoms with Crippen LogP contribution in [0.5, 0.6) is 0 Å². The molecule has 1 aromatic heterocycles. The Kier molecular flexibility index (Phi) is 3.49. The fraction of sp³-hybridized carbons (Fsp3) is 0.438.